The van der Waals surface area contributed by atoms with Crippen molar-refractivity contribution in [3.05, 3.63) is 49.8 Å². The maximum atomic E-state index is 5.96. The molecule has 1 aromatic carbocycles. The summed E-state index contributed by atoms with van der Waals surface area (Å²) in [7, 11) is 0. The monoisotopic (exact) mass is 391 g/mol. The van der Waals surface area contributed by atoms with Crippen LogP contribution in [0.5, 0.6) is 0 Å². The van der Waals surface area contributed by atoms with Crippen LogP contribution in [-0.2, 0) is 13.0 Å². The summed E-state index contributed by atoms with van der Waals surface area (Å²) < 4.78 is 7.48. The molecule has 5 heteroatoms. The average Bonchev–Trinajstić information content (AvgIpc) is 2.75. The van der Waals surface area contributed by atoms with Crippen LogP contribution in [0.2, 0.25) is 5.02 Å². The van der Waals surface area contributed by atoms with Crippen molar-refractivity contribution in [1.29, 1.82) is 0 Å². The van der Waals surface area contributed by atoms with E-state index in [1.807, 2.05) is 24.3 Å². The molecule has 1 N–H and O–H groups in total. The van der Waals surface area contributed by atoms with Gasteiger partial charge < -0.3 is 9.73 Å². The maximum Gasteiger partial charge on any atom is 0.123 e. The van der Waals surface area contributed by atoms with Crippen molar-refractivity contribution >= 4 is 49.1 Å². The number of hydrogen-bond acceptors (Lipinski definition) is 2. The predicted molar refractivity (Wildman–Crippen MR) is 82.3 cm³/mol. The molecular formula is C13H12Br2ClNO. The van der Waals surface area contributed by atoms with Gasteiger partial charge in [0.05, 0.1) is 12.2 Å². The highest BCUT2D eigenvalue weighted by Gasteiger charge is 2.08. The summed E-state index contributed by atoms with van der Waals surface area (Å²) in [6.07, 6.45) is 0.911. The molecule has 0 amide bonds. The van der Waals surface area contributed by atoms with E-state index in [0.29, 0.717) is 11.6 Å². The van der Waals surface area contributed by atoms with Crippen LogP contribution in [0.3, 0.4) is 0 Å². The van der Waals surface area contributed by atoms with Crippen molar-refractivity contribution in [3.63, 3.8) is 0 Å². The SMILES string of the molecule is CCc1ccc(CNc2c(Br)cc(Cl)cc2Br)o1. The Balaban J connectivity index is 2.10. The lowest BCUT2D eigenvalue weighted by molar-refractivity contribution is 0.476. The van der Waals surface area contributed by atoms with E-state index in [4.69, 9.17) is 16.0 Å². The molecule has 0 bridgehead atoms. The number of halogens is 3. The normalized spacial score (nSPS) is 10.7. The van der Waals surface area contributed by atoms with Gasteiger partial charge in [-0.2, -0.15) is 0 Å². The first-order chi connectivity index (χ1) is 8.60. The van der Waals surface area contributed by atoms with Crippen molar-refractivity contribution in [2.75, 3.05) is 5.32 Å². The zero-order valence-electron chi connectivity index (χ0n) is 9.77. The Hall–Kier alpha value is -0.450. The van der Waals surface area contributed by atoms with Gasteiger partial charge >= 0.3 is 0 Å². The lowest BCUT2D eigenvalue weighted by Gasteiger charge is -2.10. The summed E-state index contributed by atoms with van der Waals surface area (Å²) in [4.78, 5) is 0. The third-order valence-corrected chi connectivity index (χ3v) is 3.98. The first-order valence-electron chi connectivity index (χ1n) is 5.56. The first-order valence-corrected chi connectivity index (χ1v) is 7.52. The summed E-state index contributed by atoms with van der Waals surface area (Å²) in [5.74, 6) is 1.92. The minimum Gasteiger partial charge on any atom is -0.464 e. The molecule has 0 saturated carbocycles. The first kappa shape index (κ1) is 14.0. The van der Waals surface area contributed by atoms with Crippen LogP contribution in [-0.4, -0.2) is 0 Å². The number of nitrogens with one attached hydrogen (secondary N) is 1. The molecule has 0 aliphatic carbocycles. The molecule has 0 unspecified atom stereocenters. The fraction of sp³-hybridized carbons (Fsp3) is 0.231. The number of anilines is 1. The standard InChI is InChI=1S/C13H12Br2ClNO/c1-2-9-3-4-10(18-9)7-17-13-11(14)5-8(16)6-12(13)15/h3-6,17H,2,7H2,1H3. The number of furan rings is 1. The van der Waals surface area contributed by atoms with Gasteiger partial charge in [0.25, 0.3) is 0 Å². The van der Waals surface area contributed by atoms with Crippen molar-refractivity contribution in [2.24, 2.45) is 0 Å². The quantitative estimate of drug-likeness (QED) is 0.728. The van der Waals surface area contributed by atoms with Crippen molar-refractivity contribution in [1.82, 2.24) is 0 Å². The Morgan fingerprint density at radius 1 is 1.17 bits per heavy atom. The van der Waals surface area contributed by atoms with Gasteiger partial charge in [-0.3, -0.25) is 0 Å². The summed E-state index contributed by atoms with van der Waals surface area (Å²) >= 11 is 12.9. The van der Waals surface area contributed by atoms with Crippen LogP contribution in [0.25, 0.3) is 0 Å². The van der Waals surface area contributed by atoms with Crippen LogP contribution in [0.4, 0.5) is 5.69 Å². The van der Waals surface area contributed by atoms with E-state index in [-0.39, 0.29) is 0 Å². The molecule has 18 heavy (non-hydrogen) atoms. The largest absolute Gasteiger partial charge is 0.464 e. The second-order valence-electron chi connectivity index (χ2n) is 3.82. The lowest BCUT2D eigenvalue weighted by atomic mass is 10.3. The van der Waals surface area contributed by atoms with Gasteiger partial charge in [-0.1, -0.05) is 18.5 Å². The molecule has 0 aliphatic rings. The Labute approximate surface area is 128 Å². The Bertz CT molecular complexity index is 531. The summed E-state index contributed by atoms with van der Waals surface area (Å²) in [6.45, 7) is 2.71. The molecule has 0 fully saturated rings. The van der Waals surface area contributed by atoms with Crippen molar-refractivity contribution in [3.8, 4) is 0 Å². The highest BCUT2D eigenvalue weighted by Crippen LogP contribution is 2.34. The third kappa shape index (κ3) is 3.31. The van der Waals surface area contributed by atoms with E-state index >= 15 is 0 Å². The zero-order valence-corrected chi connectivity index (χ0v) is 13.7. The molecule has 0 aliphatic heterocycles. The number of benzene rings is 1. The Morgan fingerprint density at radius 3 is 2.33 bits per heavy atom. The molecule has 2 rings (SSSR count). The molecular weight excluding hydrogens is 381 g/mol. The average molecular weight is 394 g/mol. The van der Waals surface area contributed by atoms with Crippen LogP contribution in [0.15, 0.2) is 37.6 Å². The van der Waals surface area contributed by atoms with E-state index in [0.717, 1.165) is 32.6 Å². The van der Waals surface area contributed by atoms with Gasteiger partial charge in [0.15, 0.2) is 0 Å². The topological polar surface area (TPSA) is 25.2 Å². The van der Waals surface area contributed by atoms with E-state index in [9.17, 15) is 0 Å². The second-order valence-corrected chi connectivity index (χ2v) is 5.96. The predicted octanol–water partition coefficient (Wildman–Crippen LogP) is 5.63. The fourth-order valence-electron chi connectivity index (χ4n) is 1.59. The van der Waals surface area contributed by atoms with E-state index < -0.39 is 0 Å². The summed E-state index contributed by atoms with van der Waals surface area (Å²) in [5.41, 5.74) is 0.967. The highest BCUT2D eigenvalue weighted by atomic mass is 79.9. The molecule has 1 heterocycles. The fourth-order valence-corrected chi connectivity index (χ4v) is 3.54. The molecule has 1 aromatic heterocycles. The van der Waals surface area contributed by atoms with Crippen LogP contribution < -0.4 is 5.32 Å². The number of hydrogen-bond donors (Lipinski definition) is 1. The van der Waals surface area contributed by atoms with E-state index in [1.165, 1.54) is 0 Å². The van der Waals surface area contributed by atoms with Gasteiger partial charge in [0.1, 0.15) is 11.5 Å². The van der Waals surface area contributed by atoms with Crippen molar-refractivity contribution in [2.45, 2.75) is 19.9 Å². The minimum absolute atomic E-state index is 0.638. The van der Waals surface area contributed by atoms with E-state index in [1.54, 1.807) is 0 Å². The van der Waals surface area contributed by atoms with Crippen LogP contribution in [0.1, 0.15) is 18.4 Å². The van der Waals surface area contributed by atoms with Crippen molar-refractivity contribution < 1.29 is 4.42 Å². The minimum atomic E-state index is 0.638. The Kier molecular flexibility index (Phi) is 4.76. The highest BCUT2D eigenvalue weighted by molar-refractivity contribution is 9.11. The number of aryl methyl sites for hydroxylation is 1. The molecule has 2 aromatic rings. The maximum absolute atomic E-state index is 5.96. The van der Waals surface area contributed by atoms with Crippen LogP contribution in [0, 0.1) is 0 Å². The number of rotatable bonds is 4. The summed E-state index contributed by atoms with van der Waals surface area (Å²) in [5, 5.41) is 4.00. The molecule has 0 atom stereocenters. The van der Waals surface area contributed by atoms with Gasteiger partial charge in [-0.15, -0.1) is 0 Å². The molecule has 0 spiro atoms. The third-order valence-electron chi connectivity index (χ3n) is 2.51. The van der Waals surface area contributed by atoms with Gasteiger partial charge in [0.2, 0.25) is 0 Å². The Morgan fingerprint density at radius 2 is 1.78 bits per heavy atom. The van der Waals surface area contributed by atoms with E-state index in [2.05, 4.69) is 44.1 Å². The summed E-state index contributed by atoms with van der Waals surface area (Å²) in [6, 6.07) is 7.70. The zero-order chi connectivity index (χ0) is 13.1. The lowest BCUT2D eigenvalue weighted by Crippen LogP contribution is -1.99. The van der Waals surface area contributed by atoms with Crippen LogP contribution >= 0.6 is 43.5 Å². The molecule has 96 valence electrons. The van der Waals surface area contributed by atoms with Gasteiger partial charge in [0, 0.05) is 20.4 Å². The molecule has 2 nitrogen and oxygen atoms in total. The second kappa shape index (κ2) is 6.13. The molecule has 0 saturated heterocycles. The van der Waals surface area contributed by atoms with Gasteiger partial charge in [-0.05, 0) is 56.1 Å². The van der Waals surface area contributed by atoms with Gasteiger partial charge in [-0.25, -0.2) is 0 Å². The molecule has 0 radical (unpaired) electrons. The smallest absolute Gasteiger partial charge is 0.123 e.